The predicted octanol–water partition coefficient (Wildman–Crippen LogP) is 0.492. The van der Waals surface area contributed by atoms with Gasteiger partial charge in [-0.25, -0.2) is 9.59 Å². The van der Waals surface area contributed by atoms with Crippen LogP contribution in [0.2, 0.25) is 0 Å². The van der Waals surface area contributed by atoms with E-state index in [4.69, 9.17) is 4.74 Å². The van der Waals surface area contributed by atoms with Crippen LogP contribution in [0, 0.1) is 0 Å². The molecule has 0 fully saturated rings. The summed E-state index contributed by atoms with van der Waals surface area (Å²) < 4.78 is 4.84. The number of hydrogen-bond donors (Lipinski definition) is 3. The highest BCUT2D eigenvalue weighted by molar-refractivity contribution is 6.03. The minimum atomic E-state index is -0.768. The summed E-state index contributed by atoms with van der Waals surface area (Å²) in [5, 5.41) is 2.50. The molecule has 1 aromatic carbocycles. The Kier molecular flexibility index (Phi) is 4.52. The summed E-state index contributed by atoms with van der Waals surface area (Å²) in [4.78, 5) is 49.8. The maximum atomic E-state index is 11.9. The minimum Gasteiger partial charge on any atom is -0.462 e. The van der Waals surface area contributed by atoms with Crippen LogP contribution in [-0.2, 0) is 4.74 Å². The fourth-order valence-corrected chi connectivity index (χ4v) is 1.69. The standard InChI is InChI=1S/C14H13N3O5/c1-2-22-13(20)8-3-5-9(6-4-8)15-12(19)10-7-11(18)17-14(21)16-10/h3-7H,2H2,1H3,(H,15,19)(H2,16,17,18,21). The van der Waals surface area contributed by atoms with Crippen molar-refractivity contribution >= 4 is 17.6 Å². The number of hydrogen-bond acceptors (Lipinski definition) is 5. The highest BCUT2D eigenvalue weighted by Gasteiger charge is 2.10. The van der Waals surface area contributed by atoms with Gasteiger partial charge in [-0.3, -0.25) is 14.6 Å². The van der Waals surface area contributed by atoms with Crippen molar-refractivity contribution in [2.24, 2.45) is 0 Å². The number of aromatic nitrogens is 2. The first-order valence-electron chi connectivity index (χ1n) is 6.42. The van der Waals surface area contributed by atoms with E-state index in [9.17, 15) is 19.2 Å². The average Bonchev–Trinajstić information content (AvgIpc) is 2.47. The van der Waals surface area contributed by atoms with Crippen molar-refractivity contribution in [1.29, 1.82) is 0 Å². The van der Waals surface area contributed by atoms with Crippen LogP contribution in [0.25, 0.3) is 0 Å². The fraction of sp³-hybridized carbons (Fsp3) is 0.143. The maximum absolute atomic E-state index is 11.9. The van der Waals surface area contributed by atoms with Gasteiger partial charge in [-0.2, -0.15) is 0 Å². The van der Waals surface area contributed by atoms with Gasteiger partial charge < -0.3 is 15.0 Å². The number of anilines is 1. The zero-order valence-corrected chi connectivity index (χ0v) is 11.6. The third-order valence-electron chi connectivity index (χ3n) is 2.66. The van der Waals surface area contributed by atoms with Crippen molar-refractivity contribution in [1.82, 2.24) is 9.97 Å². The van der Waals surface area contributed by atoms with E-state index in [0.29, 0.717) is 11.3 Å². The molecular formula is C14H13N3O5. The molecule has 0 aliphatic carbocycles. The maximum Gasteiger partial charge on any atom is 0.338 e. The molecule has 3 N–H and O–H groups in total. The molecule has 0 saturated heterocycles. The van der Waals surface area contributed by atoms with Gasteiger partial charge >= 0.3 is 11.7 Å². The Labute approximate surface area is 124 Å². The number of benzene rings is 1. The van der Waals surface area contributed by atoms with E-state index in [2.05, 4.69) is 10.3 Å². The molecule has 2 aromatic rings. The van der Waals surface area contributed by atoms with Gasteiger partial charge in [0.1, 0.15) is 5.69 Å². The van der Waals surface area contributed by atoms with E-state index in [1.165, 1.54) is 24.3 Å². The lowest BCUT2D eigenvalue weighted by Gasteiger charge is -2.06. The van der Waals surface area contributed by atoms with Crippen LogP contribution in [0.5, 0.6) is 0 Å². The predicted molar refractivity (Wildman–Crippen MR) is 78.0 cm³/mol. The Hall–Kier alpha value is -3.16. The molecule has 0 bridgehead atoms. The molecule has 0 spiro atoms. The molecule has 22 heavy (non-hydrogen) atoms. The summed E-state index contributed by atoms with van der Waals surface area (Å²) in [6.07, 6.45) is 0. The van der Waals surface area contributed by atoms with Crippen LogP contribution in [0.4, 0.5) is 5.69 Å². The molecule has 1 aromatic heterocycles. The molecule has 1 amide bonds. The van der Waals surface area contributed by atoms with Gasteiger partial charge in [-0.1, -0.05) is 0 Å². The lowest BCUT2D eigenvalue weighted by Crippen LogP contribution is -2.27. The number of rotatable bonds is 4. The van der Waals surface area contributed by atoms with Crippen molar-refractivity contribution in [3.05, 3.63) is 62.4 Å². The van der Waals surface area contributed by atoms with Gasteiger partial charge in [0.05, 0.1) is 12.2 Å². The fourth-order valence-electron chi connectivity index (χ4n) is 1.69. The van der Waals surface area contributed by atoms with E-state index >= 15 is 0 Å². The molecule has 0 unspecified atom stereocenters. The quantitative estimate of drug-likeness (QED) is 0.710. The topological polar surface area (TPSA) is 121 Å². The Morgan fingerprint density at radius 1 is 1.14 bits per heavy atom. The smallest absolute Gasteiger partial charge is 0.338 e. The molecule has 0 aliphatic heterocycles. The summed E-state index contributed by atoms with van der Waals surface area (Å²) in [5.41, 5.74) is -0.853. The molecule has 0 radical (unpaired) electrons. The summed E-state index contributed by atoms with van der Waals surface area (Å²) in [6, 6.07) is 6.98. The highest BCUT2D eigenvalue weighted by atomic mass is 16.5. The zero-order valence-electron chi connectivity index (χ0n) is 11.6. The zero-order chi connectivity index (χ0) is 16.1. The number of aromatic amines is 2. The third kappa shape index (κ3) is 3.69. The first-order valence-corrected chi connectivity index (χ1v) is 6.42. The van der Waals surface area contributed by atoms with E-state index < -0.39 is 23.1 Å². The van der Waals surface area contributed by atoms with Crippen molar-refractivity contribution in [2.75, 3.05) is 11.9 Å². The number of H-pyrrole nitrogens is 2. The summed E-state index contributed by atoms with van der Waals surface area (Å²) >= 11 is 0. The molecule has 0 saturated carbocycles. The third-order valence-corrected chi connectivity index (χ3v) is 2.66. The number of amides is 1. The minimum absolute atomic E-state index is 0.164. The number of carbonyl (C=O) groups excluding carboxylic acids is 2. The van der Waals surface area contributed by atoms with Crippen molar-refractivity contribution in [3.63, 3.8) is 0 Å². The summed E-state index contributed by atoms with van der Waals surface area (Å²) in [7, 11) is 0. The van der Waals surface area contributed by atoms with Crippen LogP contribution in [0.15, 0.2) is 39.9 Å². The van der Waals surface area contributed by atoms with Crippen LogP contribution in [0.1, 0.15) is 27.8 Å². The first kappa shape index (κ1) is 15.2. The lowest BCUT2D eigenvalue weighted by atomic mass is 10.2. The molecule has 114 valence electrons. The van der Waals surface area contributed by atoms with E-state index in [1.807, 2.05) is 4.98 Å². The summed E-state index contributed by atoms with van der Waals surface area (Å²) in [5.74, 6) is -1.11. The largest absolute Gasteiger partial charge is 0.462 e. The van der Waals surface area contributed by atoms with Crippen molar-refractivity contribution < 1.29 is 14.3 Å². The highest BCUT2D eigenvalue weighted by Crippen LogP contribution is 2.11. The SMILES string of the molecule is CCOC(=O)c1ccc(NC(=O)c2cc(=O)[nH]c(=O)[nH]2)cc1. The van der Waals surface area contributed by atoms with Gasteiger partial charge in [0, 0.05) is 11.8 Å². The molecular weight excluding hydrogens is 290 g/mol. The van der Waals surface area contributed by atoms with Gasteiger partial charge in [0.15, 0.2) is 0 Å². The van der Waals surface area contributed by atoms with Crippen LogP contribution in [0.3, 0.4) is 0 Å². The number of nitrogens with one attached hydrogen (secondary N) is 3. The van der Waals surface area contributed by atoms with Gasteiger partial charge in [0.25, 0.3) is 11.5 Å². The number of carbonyl (C=O) groups is 2. The van der Waals surface area contributed by atoms with E-state index in [-0.39, 0.29) is 12.3 Å². The van der Waals surface area contributed by atoms with Crippen molar-refractivity contribution in [2.45, 2.75) is 6.92 Å². The Bertz CT molecular complexity index is 776. The Morgan fingerprint density at radius 3 is 2.41 bits per heavy atom. The average molecular weight is 303 g/mol. The lowest BCUT2D eigenvalue weighted by molar-refractivity contribution is 0.0526. The molecule has 2 rings (SSSR count). The van der Waals surface area contributed by atoms with E-state index in [1.54, 1.807) is 6.92 Å². The molecule has 8 nitrogen and oxygen atoms in total. The molecule has 0 atom stereocenters. The number of ether oxygens (including phenoxy) is 1. The Balaban J connectivity index is 2.13. The molecule has 8 heteroatoms. The van der Waals surface area contributed by atoms with Gasteiger partial charge in [-0.15, -0.1) is 0 Å². The first-order chi connectivity index (χ1) is 10.5. The van der Waals surface area contributed by atoms with Gasteiger partial charge in [0.2, 0.25) is 0 Å². The second-order valence-corrected chi connectivity index (χ2v) is 4.25. The summed E-state index contributed by atoms with van der Waals surface area (Å²) in [6.45, 7) is 1.97. The normalized spacial score (nSPS) is 10.0. The van der Waals surface area contributed by atoms with E-state index in [0.717, 1.165) is 6.07 Å². The second-order valence-electron chi connectivity index (χ2n) is 4.25. The van der Waals surface area contributed by atoms with Crippen LogP contribution < -0.4 is 16.6 Å². The van der Waals surface area contributed by atoms with Gasteiger partial charge in [-0.05, 0) is 31.2 Å². The van der Waals surface area contributed by atoms with Crippen LogP contribution >= 0.6 is 0 Å². The monoisotopic (exact) mass is 303 g/mol. The molecule has 1 heterocycles. The van der Waals surface area contributed by atoms with Crippen molar-refractivity contribution in [3.8, 4) is 0 Å². The Morgan fingerprint density at radius 2 is 1.82 bits per heavy atom. The number of esters is 1. The second kappa shape index (κ2) is 6.53. The molecule has 0 aliphatic rings. The van der Waals surface area contributed by atoms with Crippen LogP contribution in [-0.4, -0.2) is 28.5 Å².